The van der Waals surface area contributed by atoms with Crippen LogP contribution in [-0.4, -0.2) is 10.5 Å². The molecule has 0 unspecified atom stereocenters. The number of fused-ring (bicyclic) bond motifs is 1. The summed E-state index contributed by atoms with van der Waals surface area (Å²) in [4.78, 5) is 12.6. The molecule has 0 bridgehead atoms. The molecule has 0 aliphatic rings. The minimum atomic E-state index is -0.469. The molecule has 0 aliphatic heterocycles. The first-order chi connectivity index (χ1) is 13.0. The predicted molar refractivity (Wildman–Crippen MR) is 111 cm³/mol. The smallest absolute Gasteiger partial charge is 0.266 e. The molecule has 0 radical (unpaired) electrons. The van der Waals surface area contributed by atoms with Gasteiger partial charge >= 0.3 is 0 Å². The first-order valence-electron chi connectivity index (χ1n) is 8.42. The molecule has 0 atom stereocenters. The van der Waals surface area contributed by atoms with Crippen LogP contribution in [0.2, 0.25) is 5.02 Å². The standard InChI is InChI=1S/C22H18ClN3O/c1-3-11-26-14-17(18-7-4-5-10-21(18)26)12-16(13-24)22(27)25-20-9-6-8-19(23)15(20)2/h3-10,12,14H,1,11H2,2H3,(H,25,27)/b16-12-. The fraction of sp³-hybridized carbons (Fsp3) is 0.0909. The number of hydrogen-bond donors (Lipinski definition) is 1. The molecular formula is C22H18ClN3O. The molecule has 1 heterocycles. The zero-order valence-electron chi connectivity index (χ0n) is 14.9. The van der Waals surface area contributed by atoms with E-state index in [0.29, 0.717) is 17.3 Å². The lowest BCUT2D eigenvalue weighted by Crippen LogP contribution is -2.14. The maximum Gasteiger partial charge on any atom is 0.266 e. The second-order valence-corrected chi connectivity index (χ2v) is 6.49. The van der Waals surface area contributed by atoms with Gasteiger partial charge in [0.15, 0.2) is 0 Å². The molecule has 0 spiro atoms. The third-order valence-corrected chi connectivity index (χ3v) is 4.74. The van der Waals surface area contributed by atoms with E-state index in [1.165, 1.54) is 0 Å². The first-order valence-corrected chi connectivity index (χ1v) is 8.80. The number of para-hydroxylation sites is 1. The Morgan fingerprint density at radius 2 is 2.07 bits per heavy atom. The van der Waals surface area contributed by atoms with Crippen molar-refractivity contribution in [1.29, 1.82) is 5.26 Å². The number of nitriles is 1. The molecule has 134 valence electrons. The van der Waals surface area contributed by atoms with Gasteiger partial charge in [0, 0.05) is 39.9 Å². The minimum absolute atomic E-state index is 0.0240. The van der Waals surface area contributed by atoms with Crippen LogP contribution in [0.4, 0.5) is 5.69 Å². The van der Waals surface area contributed by atoms with Gasteiger partial charge in [-0.3, -0.25) is 4.79 Å². The molecule has 0 fully saturated rings. The fourth-order valence-corrected chi connectivity index (χ4v) is 3.09. The Kier molecular flexibility index (Phi) is 5.44. The van der Waals surface area contributed by atoms with Crippen molar-refractivity contribution in [3.63, 3.8) is 0 Å². The molecule has 0 saturated heterocycles. The number of allylic oxidation sites excluding steroid dienone is 1. The Morgan fingerprint density at radius 3 is 2.81 bits per heavy atom. The average molecular weight is 376 g/mol. The van der Waals surface area contributed by atoms with Crippen LogP contribution in [0.5, 0.6) is 0 Å². The average Bonchev–Trinajstić information content (AvgIpc) is 3.01. The number of rotatable bonds is 5. The van der Waals surface area contributed by atoms with Gasteiger partial charge in [-0.2, -0.15) is 5.26 Å². The van der Waals surface area contributed by atoms with Crippen LogP contribution in [-0.2, 0) is 11.3 Å². The lowest BCUT2D eigenvalue weighted by molar-refractivity contribution is -0.112. The van der Waals surface area contributed by atoms with Crippen LogP contribution in [0.25, 0.3) is 17.0 Å². The van der Waals surface area contributed by atoms with Crippen LogP contribution in [0.3, 0.4) is 0 Å². The van der Waals surface area contributed by atoms with E-state index in [9.17, 15) is 10.1 Å². The predicted octanol–water partition coefficient (Wildman–Crippen LogP) is 5.33. The normalized spacial score (nSPS) is 11.2. The molecule has 1 N–H and O–H groups in total. The highest BCUT2D eigenvalue weighted by Gasteiger charge is 2.14. The van der Waals surface area contributed by atoms with Gasteiger partial charge in [0.1, 0.15) is 11.6 Å². The van der Waals surface area contributed by atoms with Crippen molar-refractivity contribution in [2.45, 2.75) is 13.5 Å². The second-order valence-electron chi connectivity index (χ2n) is 6.08. The third-order valence-electron chi connectivity index (χ3n) is 4.33. The van der Waals surface area contributed by atoms with E-state index in [2.05, 4.69) is 11.9 Å². The molecule has 2 aromatic carbocycles. The van der Waals surface area contributed by atoms with E-state index in [1.54, 1.807) is 30.4 Å². The number of nitrogens with zero attached hydrogens (tertiary/aromatic N) is 2. The van der Waals surface area contributed by atoms with Gasteiger partial charge in [-0.15, -0.1) is 6.58 Å². The third kappa shape index (κ3) is 3.79. The van der Waals surface area contributed by atoms with E-state index in [-0.39, 0.29) is 5.57 Å². The van der Waals surface area contributed by atoms with E-state index in [1.807, 2.05) is 48.0 Å². The van der Waals surface area contributed by atoms with Crippen LogP contribution in [0.1, 0.15) is 11.1 Å². The molecule has 3 aromatic rings. The summed E-state index contributed by atoms with van der Waals surface area (Å²) in [7, 11) is 0. The lowest BCUT2D eigenvalue weighted by atomic mass is 10.1. The molecule has 1 aromatic heterocycles. The second kappa shape index (κ2) is 7.94. The number of benzene rings is 2. The van der Waals surface area contributed by atoms with E-state index in [0.717, 1.165) is 22.0 Å². The summed E-state index contributed by atoms with van der Waals surface area (Å²) in [5, 5.41) is 13.8. The summed E-state index contributed by atoms with van der Waals surface area (Å²) < 4.78 is 2.03. The molecule has 4 nitrogen and oxygen atoms in total. The molecule has 27 heavy (non-hydrogen) atoms. The Labute approximate surface area is 163 Å². The van der Waals surface area contributed by atoms with E-state index >= 15 is 0 Å². The highest BCUT2D eigenvalue weighted by Crippen LogP contribution is 2.25. The Bertz CT molecular complexity index is 1100. The number of aromatic nitrogens is 1. The van der Waals surface area contributed by atoms with Crippen molar-refractivity contribution in [3.8, 4) is 6.07 Å². The summed E-state index contributed by atoms with van der Waals surface area (Å²) in [6.45, 7) is 6.24. The molecule has 3 rings (SSSR count). The number of hydrogen-bond acceptors (Lipinski definition) is 2. The topological polar surface area (TPSA) is 57.8 Å². The number of carbonyl (C=O) groups is 1. The summed E-state index contributed by atoms with van der Waals surface area (Å²) >= 11 is 6.10. The van der Waals surface area contributed by atoms with Crippen molar-refractivity contribution in [3.05, 3.63) is 83.0 Å². The van der Waals surface area contributed by atoms with Crippen LogP contribution in [0, 0.1) is 18.3 Å². The number of carbonyl (C=O) groups excluding carboxylic acids is 1. The highest BCUT2D eigenvalue weighted by molar-refractivity contribution is 6.31. The highest BCUT2D eigenvalue weighted by atomic mass is 35.5. The summed E-state index contributed by atoms with van der Waals surface area (Å²) in [5.74, 6) is -0.469. The van der Waals surface area contributed by atoms with Gasteiger partial charge < -0.3 is 9.88 Å². The zero-order valence-corrected chi connectivity index (χ0v) is 15.6. The van der Waals surface area contributed by atoms with E-state index < -0.39 is 5.91 Å². The van der Waals surface area contributed by atoms with Crippen molar-refractivity contribution in [1.82, 2.24) is 4.57 Å². The van der Waals surface area contributed by atoms with Crippen LogP contribution < -0.4 is 5.32 Å². The van der Waals surface area contributed by atoms with Gasteiger partial charge in [0.25, 0.3) is 5.91 Å². The first kappa shape index (κ1) is 18.5. The minimum Gasteiger partial charge on any atom is -0.343 e. The molecule has 5 heteroatoms. The van der Waals surface area contributed by atoms with Crippen LogP contribution in [0.15, 0.2) is 66.9 Å². The Balaban J connectivity index is 1.98. The summed E-state index contributed by atoms with van der Waals surface area (Å²) in [6, 6.07) is 15.1. The molecular weight excluding hydrogens is 358 g/mol. The van der Waals surface area contributed by atoms with E-state index in [4.69, 9.17) is 11.6 Å². The Hall–Kier alpha value is -3.29. The largest absolute Gasteiger partial charge is 0.343 e. The number of amides is 1. The van der Waals surface area contributed by atoms with Crippen molar-refractivity contribution >= 4 is 40.2 Å². The zero-order chi connectivity index (χ0) is 19.4. The number of halogens is 1. The maximum atomic E-state index is 12.6. The monoisotopic (exact) mass is 375 g/mol. The lowest BCUT2D eigenvalue weighted by Gasteiger charge is -2.08. The fourth-order valence-electron chi connectivity index (χ4n) is 2.92. The van der Waals surface area contributed by atoms with Gasteiger partial charge in [0.2, 0.25) is 0 Å². The van der Waals surface area contributed by atoms with Gasteiger partial charge in [-0.05, 0) is 36.8 Å². The quantitative estimate of drug-likeness (QED) is 0.372. The van der Waals surface area contributed by atoms with Gasteiger partial charge in [-0.1, -0.05) is 41.9 Å². The number of nitrogens with one attached hydrogen (secondary N) is 1. The molecule has 0 saturated carbocycles. The SMILES string of the molecule is C=CCn1cc(/C=C(/C#N)C(=O)Nc2cccc(Cl)c2C)c2ccccc21. The summed E-state index contributed by atoms with van der Waals surface area (Å²) in [5.41, 5.74) is 3.19. The molecule has 0 aliphatic carbocycles. The Morgan fingerprint density at radius 1 is 1.30 bits per heavy atom. The maximum absolute atomic E-state index is 12.6. The van der Waals surface area contributed by atoms with Crippen molar-refractivity contribution in [2.24, 2.45) is 0 Å². The van der Waals surface area contributed by atoms with Gasteiger partial charge in [0.05, 0.1) is 0 Å². The van der Waals surface area contributed by atoms with Crippen molar-refractivity contribution < 1.29 is 4.79 Å². The summed E-state index contributed by atoms with van der Waals surface area (Å²) in [6.07, 6.45) is 5.33. The van der Waals surface area contributed by atoms with Crippen molar-refractivity contribution in [2.75, 3.05) is 5.32 Å². The number of anilines is 1. The van der Waals surface area contributed by atoms with Gasteiger partial charge in [-0.25, -0.2) is 0 Å². The molecule has 1 amide bonds. The van der Waals surface area contributed by atoms with Crippen LogP contribution >= 0.6 is 11.6 Å².